The molecule has 0 aliphatic carbocycles. The minimum atomic E-state index is -3.79. The molecular weight excluding hydrogens is 536 g/mol. The predicted molar refractivity (Wildman–Crippen MR) is 151 cm³/mol. The molecule has 0 bridgehead atoms. The lowest BCUT2D eigenvalue weighted by atomic mass is 10.00. The van der Waals surface area contributed by atoms with E-state index < -0.39 is 21.7 Å². The van der Waals surface area contributed by atoms with Gasteiger partial charge in [-0.3, -0.25) is 9.59 Å². The number of benzene rings is 1. The highest BCUT2D eigenvalue weighted by molar-refractivity contribution is 7.89. The van der Waals surface area contributed by atoms with Gasteiger partial charge in [-0.2, -0.15) is 4.31 Å². The number of aromatic nitrogens is 3. The fourth-order valence-electron chi connectivity index (χ4n) is 5.15. The van der Waals surface area contributed by atoms with Crippen LogP contribution >= 0.6 is 0 Å². The molecule has 0 saturated carbocycles. The van der Waals surface area contributed by atoms with Crippen LogP contribution in [0.4, 0.5) is 0 Å². The van der Waals surface area contributed by atoms with Gasteiger partial charge in [-0.05, 0) is 51.1 Å². The molecule has 1 saturated heterocycles. The maximum absolute atomic E-state index is 13.5. The summed E-state index contributed by atoms with van der Waals surface area (Å²) in [6.45, 7) is 7.86. The van der Waals surface area contributed by atoms with E-state index in [0.29, 0.717) is 73.8 Å². The monoisotopic (exact) mass is 574 g/mol. The Morgan fingerprint density at radius 2 is 1.93 bits per heavy atom. The second kappa shape index (κ2) is 12.1. The Labute approximate surface area is 234 Å². The molecule has 218 valence electrons. The van der Waals surface area contributed by atoms with Crippen LogP contribution in [0.3, 0.4) is 0 Å². The van der Waals surface area contributed by atoms with Crippen molar-refractivity contribution in [3.05, 3.63) is 45.4 Å². The van der Waals surface area contributed by atoms with E-state index in [0.717, 1.165) is 0 Å². The number of piperazine rings is 1. The van der Waals surface area contributed by atoms with Crippen molar-refractivity contribution in [2.45, 2.75) is 51.0 Å². The largest absolute Gasteiger partial charge is 0.493 e. The van der Waals surface area contributed by atoms with Crippen molar-refractivity contribution in [2.24, 2.45) is 0 Å². The number of rotatable bonds is 10. The normalized spacial score (nSPS) is 15.8. The van der Waals surface area contributed by atoms with Gasteiger partial charge in [0.2, 0.25) is 15.9 Å². The van der Waals surface area contributed by atoms with Crippen molar-refractivity contribution in [2.75, 3.05) is 46.9 Å². The number of amides is 1. The van der Waals surface area contributed by atoms with Gasteiger partial charge in [-0.15, -0.1) is 5.10 Å². The summed E-state index contributed by atoms with van der Waals surface area (Å²) in [7, 11) is -0.340. The number of nitrogens with zero attached hydrogens (tertiary/aromatic N) is 4. The third-order valence-corrected chi connectivity index (χ3v) is 9.16. The van der Waals surface area contributed by atoms with Crippen LogP contribution in [0.5, 0.6) is 5.75 Å². The zero-order valence-electron chi connectivity index (χ0n) is 23.7. The lowest BCUT2D eigenvalue weighted by Gasteiger charge is -2.31. The number of H-pyrrole nitrogens is 1. The Hall–Kier alpha value is -3.26. The van der Waals surface area contributed by atoms with Crippen LogP contribution in [0, 0.1) is 6.92 Å². The standard InChI is InChI=1S/C27H38N6O6S/c1-6-8-20-24(21(34)16-23(35)28-4)17(3)25-27(36)29-26(30-33(20)25)19-15-18(9-10-22(19)39-7-2)40(37,38)32-13-11-31(5)12-14-32/h9-10,15,21,34H,6-8,11-14,16H2,1-5H3,(H,28,35)(H,29,30,36). The Bertz CT molecular complexity index is 1560. The van der Waals surface area contributed by atoms with E-state index in [1.807, 2.05) is 20.9 Å². The van der Waals surface area contributed by atoms with Crippen LogP contribution in [0.15, 0.2) is 27.9 Å². The summed E-state index contributed by atoms with van der Waals surface area (Å²) in [5.41, 5.74) is 1.80. The Morgan fingerprint density at radius 1 is 1.23 bits per heavy atom. The molecule has 12 nitrogen and oxygen atoms in total. The van der Waals surface area contributed by atoms with Crippen molar-refractivity contribution in [1.29, 1.82) is 0 Å². The third kappa shape index (κ3) is 5.64. The number of ether oxygens (including phenoxy) is 1. The van der Waals surface area contributed by atoms with E-state index >= 15 is 0 Å². The van der Waals surface area contributed by atoms with Crippen LogP contribution in [-0.2, 0) is 21.2 Å². The number of fused-ring (bicyclic) bond motifs is 1. The summed E-state index contributed by atoms with van der Waals surface area (Å²) in [6, 6.07) is 4.58. The van der Waals surface area contributed by atoms with E-state index in [4.69, 9.17) is 9.84 Å². The Balaban J connectivity index is 1.89. The molecule has 2 aromatic heterocycles. The van der Waals surface area contributed by atoms with E-state index in [1.54, 1.807) is 13.0 Å². The first-order chi connectivity index (χ1) is 19.0. The molecule has 3 N–H and O–H groups in total. The number of carbonyl (C=O) groups is 1. The number of carbonyl (C=O) groups excluding carboxylic acids is 1. The van der Waals surface area contributed by atoms with E-state index in [2.05, 4.69) is 15.2 Å². The van der Waals surface area contributed by atoms with Crippen molar-refractivity contribution in [3.8, 4) is 17.1 Å². The molecule has 1 aliphatic rings. The quantitative estimate of drug-likeness (QED) is 0.330. The van der Waals surface area contributed by atoms with Crippen molar-refractivity contribution < 1.29 is 23.1 Å². The number of sulfonamides is 1. The van der Waals surface area contributed by atoms with Crippen LogP contribution < -0.4 is 15.6 Å². The molecule has 13 heteroatoms. The van der Waals surface area contributed by atoms with Gasteiger partial charge in [-0.1, -0.05) is 13.3 Å². The molecule has 1 unspecified atom stereocenters. The number of hydrogen-bond donors (Lipinski definition) is 3. The molecule has 1 aromatic carbocycles. The second-order valence-electron chi connectivity index (χ2n) is 9.99. The predicted octanol–water partition coefficient (Wildman–Crippen LogP) is 1.45. The van der Waals surface area contributed by atoms with E-state index in [1.165, 1.54) is 28.0 Å². The van der Waals surface area contributed by atoms with Gasteiger partial charge in [0.15, 0.2) is 5.82 Å². The number of aryl methyl sites for hydroxylation is 2. The van der Waals surface area contributed by atoms with Gasteiger partial charge < -0.3 is 25.0 Å². The highest BCUT2D eigenvalue weighted by Crippen LogP contribution is 2.33. The van der Waals surface area contributed by atoms with Crippen LogP contribution in [0.1, 0.15) is 49.6 Å². The van der Waals surface area contributed by atoms with Crippen molar-refractivity contribution in [3.63, 3.8) is 0 Å². The zero-order valence-corrected chi connectivity index (χ0v) is 24.5. The molecule has 0 spiro atoms. The van der Waals surface area contributed by atoms with Crippen molar-refractivity contribution in [1.82, 2.24) is 29.1 Å². The summed E-state index contributed by atoms with van der Waals surface area (Å²) in [6.07, 6.45) is -0.0719. The van der Waals surface area contributed by atoms with Gasteiger partial charge >= 0.3 is 0 Å². The maximum Gasteiger partial charge on any atom is 0.275 e. The highest BCUT2D eigenvalue weighted by Gasteiger charge is 2.30. The molecule has 1 aliphatic heterocycles. The smallest absolute Gasteiger partial charge is 0.275 e. The van der Waals surface area contributed by atoms with Gasteiger partial charge in [0.25, 0.3) is 5.56 Å². The number of nitrogens with one attached hydrogen (secondary N) is 2. The summed E-state index contributed by atoms with van der Waals surface area (Å²) in [5.74, 6) is 0.186. The summed E-state index contributed by atoms with van der Waals surface area (Å²) in [5, 5.41) is 18.2. The molecule has 1 fully saturated rings. The summed E-state index contributed by atoms with van der Waals surface area (Å²) >= 11 is 0. The Kier molecular flexibility index (Phi) is 8.98. The Morgan fingerprint density at radius 3 is 2.55 bits per heavy atom. The van der Waals surface area contributed by atoms with Crippen LogP contribution in [0.2, 0.25) is 0 Å². The average molecular weight is 575 g/mol. The maximum atomic E-state index is 13.5. The van der Waals surface area contributed by atoms with Crippen LogP contribution in [0.25, 0.3) is 16.9 Å². The molecule has 4 rings (SSSR count). The van der Waals surface area contributed by atoms with Gasteiger partial charge in [0.05, 0.1) is 29.6 Å². The summed E-state index contributed by atoms with van der Waals surface area (Å²) < 4.78 is 35.8. The van der Waals surface area contributed by atoms with E-state index in [-0.39, 0.29) is 28.6 Å². The molecular formula is C27H38N6O6S. The molecule has 3 heterocycles. The summed E-state index contributed by atoms with van der Waals surface area (Å²) in [4.78, 5) is 30.4. The first-order valence-corrected chi connectivity index (χ1v) is 15.0. The van der Waals surface area contributed by atoms with Gasteiger partial charge in [-0.25, -0.2) is 12.9 Å². The lowest BCUT2D eigenvalue weighted by Crippen LogP contribution is -2.47. The minimum absolute atomic E-state index is 0.0809. The second-order valence-corrected chi connectivity index (χ2v) is 11.9. The zero-order chi connectivity index (χ0) is 29.2. The number of aliphatic hydroxyl groups is 1. The molecule has 3 aromatic rings. The highest BCUT2D eigenvalue weighted by atomic mass is 32.2. The molecule has 0 radical (unpaired) electrons. The number of likely N-dealkylation sites (N-methyl/N-ethyl adjacent to an activating group) is 1. The van der Waals surface area contributed by atoms with Gasteiger partial charge in [0.1, 0.15) is 11.3 Å². The molecule has 1 amide bonds. The topological polar surface area (TPSA) is 149 Å². The first kappa shape index (κ1) is 29.7. The van der Waals surface area contributed by atoms with Gasteiger partial charge in [0, 0.05) is 44.5 Å². The van der Waals surface area contributed by atoms with E-state index in [9.17, 15) is 23.1 Å². The first-order valence-electron chi connectivity index (χ1n) is 13.5. The van der Waals surface area contributed by atoms with Crippen LogP contribution in [-0.4, -0.2) is 90.1 Å². The number of hydrogen-bond acceptors (Lipinski definition) is 8. The average Bonchev–Trinajstić information content (AvgIpc) is 3.20. The molecule has 1 atom stereocenters. The number of aliphatic hydroxyl groups excluding tert-OH is 1. The third-order valence-electron chi connectivity index (χ3n) is 7.27. The SMILES string of the molecule is CCCc1c(C(O)CC(=O)NC)c(C)c2c(=O)[nH]c(-c3cc(S(=O)(=O)N4CCN(C)CC4)ccc3OCC)nn12. The fraction of sp³-hybridized carbons (Fsp3) is 0.519. The minimum Gasteiger partial charge on any atom is -0.493 e. The number of aromatic amines is 1. The fourth-order valence-corrected chi connectivity index (χ4v) is 6.60. The lowest BCUT2D eigenvalue weighted by molar-refractivity contribution is -0.122. The van der Waals surface area contributed by atoms with Crippen molar-refractivity contribution >= 4 is 21.4 Å². The molecule has 40 heavy (non-hydrogen) atoms.